The van der Waals surface area contributed by atoms with Crippen LogP contribution < -0.4 is 0 Å². The van der Waals surface area contributed by atoms with Gasteiger partial charge < -0.3 is 0 Å². The van der Waals surface area contributed by atoms with Crippen molar-refractivity contribution >= 4 is 5.91 Å². The van der Waals surface area contributed by atoms with E-state index in [0.717, 1.165) is 30.7 Å². The van der Waals surface area contributed by atoms with E-state index in [1.165, 1.54) is 39.8 Å². The van der Waals surface area contributed by atoms with Crippen LogP contribution in [0.5, 0.6) is 0 Å². The summed E-state index contributed by atoms with van der Waals surface area (Å²) >= 11 is 0. The predicted molar refractivity (Wildman–Crippen MR) is 85.7 cm³/mol. The Kier molecular flexibility index (Phi) is 13.5. The molecule has 0 aliphatic rings. The van der Waals surface area contributed by atoms with Crippen LogP contribution >= 0.6 is 0 Å². The second-order valence-corrected chi connectivity index (χ2v) is 5.48. The molecule has 21 heavy (non-hydrogen) atoms. The second-order valence-electron chi connectivity index (χ2n) is 5.48. The molecule has 0 N–H and O–H groups in total. The van der Waals surface area contributed by atoms with E-state index < -0.39 is 6.17 Å². The minimum absolute atomic E-state index is 0.0768. The van der Waals surface area contributed by atoms with Crippen molar-refractivity contribution in [2.24, 2.45) is 0 Å². The van der Waals surface area contributed by atoms with Gasteiger partial charge in [-0.05, 0) is 25.7 Å². The summed E-state index contributed by atoms with van der Waals surface area (Å²) in [6.45, 7) is 2.18. The van der Waals surface area contributed by atoms with E-state index in [1.54, 1.807) is 0 Å². The van der Waals surface area contributed by atoms with E-state index in [0.29, 0.717) is 6.42 Å². The van der Waals surface area contributed by atoms with Gasteiger partial charge in [0.15, 0.2) is 0 Å². The fraction of sp³-hybridized carbons (Fsp3) is 0.824. The molecule has 0 aromatic carbocycles. The van der Waals surface area contributed by atoms with Crippen molar-refractivity contribution in [3.63, 3.8) is 0 Å². The van der Waals surface area contributed by atoms with Crippen LogP contribution in [0.3, 0.4) is 0 Å². The minimum Gasteiger partial charge on any atom is -0.275 e. The van der Waals surface area contributed by atoms with Crippen LogP contribution in [0.25, 0.3) is 0 Å². The van der Waals surface area contributed by atoms with Crippen molar-refractivity contribution in [2.75, 3.05) is 14.2 Å². The maximum Gasteiger partial charge on any atom is 0.248 e. The minimum atomic E-state index is -1.05. The summed E-state index contributed by atoms with van der Waals surface area (Å²) in [6.07, 6.45) is 12.9. The Morgan fingerprint density at radius 1 is 1.14 bits per heavy atom. The Hall–Kier alpha value is -0.900. The summed E-state index contributed by atoms with van der Waals surface area (Å²) in [7, 11) is 2.91. The molecule has 0 saturated carbocycles. The van der Waals surface area contributed by atoms with Crippen LogP contribution in [0.2, 0.25) is 0 Å². The third-order valence-corrected chi connectivity index (χ3v) is 3.53. The molecule has 0 saturated heterocycles. The van der Waals surface area contributed by atoms with Gasteiger partial charge in [0, 0.05) is 7.05 Å². The molecule has 124 valence electrons. The third kappa shape index (κ3) is 12.5. The van der Waals surface area contributed by atoms with Crippen molar-refractivity contribution in [2.45, 2.75) is 77.3 Å². The molecule has 0 aromatic heterocycles. The smallest absolute Gasteiger partial charge is 0.248 e. The number of alkyl halides is 1. The number of halogens is 1. The monoisotopic (exact) mass is 301 g/mol. The van der Waals surface area contributed by atoms with Crippen LogP contribution in [0.1, 0.15) is 71.1 Å². The Bertz CT molecular complexity index is 282. The zero-order valence-electron chi connectivity index (χ0n) is 13.9. The summed E-state index contributed by atoms with van der Waals surface area (Å²) in [5, 5.41) is 1.08. The van der Waals surface area contributed by atoms with Crippen LogP contribution in [-0.4, -0.2) is 31.3 Å². The number of carbonyl (C=O) groups is 1. The van der Waals surface area contributed by atoms with Crippen molar-refractivity contribution in [3.8, 4) is 0 Å². The molecule has 1 amide bonds. The molecule has 0 rings (SSSR count). The SMILES string of the molecule is CCC/C=C\CCCCCCCC(F)CC(=O)N(C)OC. The van der Waals surface area contributed by atoms with Gasteiger partial charge in [-0.2, -0.15) is 0 Å². The van der Waals surface area contributed by atoms with Crippen molar-refractivity contribution < 1.29 is 14.0 Å². The number of rotatable bonds is 13. The highest BCUT2D eigenvalue weighted by Gasteiger charge is 2.15. The van der Waals surface area contributed by atoms with Crippen LogP contribution in [0, 0.1) is 0 Å². The largest absolute Gasteiger partial charge is 0.275 e. The summed E-state index contributed by atoms with van der Waals surface area (Å²) in [5.41, 5.74) is 0. The average molecular weight is 301 g/mol. The van der Waals surface area contributed by atoms with E-state index in [4.69, 9.17) is 4.84 Å². The lowest BCUT2D eigenvalue weighted by Crippen LogP contribution is -2.27. The van der Waals surface area contributed by atoms with E-state index in [9.17, 15) is 9.18 Å². The lowest BCUT2D eigenvalue weighted by Gasteiger charge is -2.15. The standard InChI is InChI=1S/C17H32FNO2/c1-4-5-6-7-8-9-10-11-12-13-14-16(18)15-17(20)19(2)21-3/h6-7,16H,4-5,8-15H2,1-3H3/b7-6-. The molecule has 0 aliphatic carbocycles. The highest BCUT2D eigenvalue weighted by atomic mass is 19.1. The van der Waals surface area contributed by atoms with Crippen molar-refractivity contribution in [3.05, 3.63) is 12.2 Å². The first-order valence-electron chi connectivity index (χ1n) is 8.21. The number of carbonyl (C=O) groups excluding carboxylic acids is 1. The number of nitrogens with zero attached hydrogens (tertiary/aromatic N) is 1. The Morgan fingerprint density at radius 3 is 2.43 bits per heavy atom. The number of hydrogen-bond donors (Lipinski definition) is 0. The molecule has 4 heteroatoms. The van der Waals surface area contributed by atoms with Gasteiger partial charge in [0.2, 0.25) is 5.91 Å². The first-order chi connectivity index (χ1) is 10.1. The highest BCUT2D eigenvalue weighted by molar-refractivity contribution is 5.75. The van der Waals surface area contributed by atoms with Gasteiger partial charge in [0.25, 0.3) is 0 Å². The van der Waals surface area contributed by atoms with Crippen molar-refractivity contribution in [1.82, 2.24) is 5.06 Å². The van der Waals surface area contributed by atoms with Crippen LogP contribution in [-0.2, 0) is 9.63 Å². The molecule has 0 fully saturated rings. The van der Waals surface area contributed by atoms with E-state index in [1.807, 2.05) is 0 Å². The molecular formula is C17H32FNO2. The third-order valence-electron chi connectivity index (χ3n) is 3.53. The fourth-order valence-electron chi connectivity index (χ4n) is 2.08. The van der Waals surface area contributed by atoms with Gasteiger partial charge in [-0.3, -0.25) is 9.63 Å². The summed E-state index contributed by atoms with van der Waals surface area (Å²) < 4.78 is 13.6. The molecular weight excluding hydrogens is 269 g/mol. The van der Waals surface area contributed by atoms with Crippen LogP contribution in [0.4, 0.5) is 4.39 Å². The summed E-state index contributed by atoms with van der Waals surface area (Å²) in [6, 6.07) is 0. The number of hydrogen-bond acceptors (Lipinski definition) is 2. The van der Waals surface area contributed by atoms with E-state index >= 15 is 0 Å². The lowest BCUT2D eigenvalue weighted by atomic mass is 10.1. The molecule has 0 heterocycles. The van der Waals surface area contributed by atoms with Gasteiger partial charge >= 0.3 is 0 Å². The quantitative estimate of drug-likeness (QED) is 0.277. The maximum absolute atomic E-state index is 13.6. The highest BCUT2D eigenvalue weighted by Crippen LogP contribution is 2.13. The van der Waals surface area contributed by atoms with Gasteiger partial charge in [-0.15, -0.1) is 0 Å². The number of unbranched alkanes of at least 4 members (excludes halogenated alkanes) is 6. The lowest BCUT2D eigenvalue weighted by molar-refractivity contribution is -0.169. The molecule has 3 nitrogen and oxygen atoms in total. The molecule has 1 atom stereocenters. The topological polar surface area (TPSA) is 29.5 Å². The zero-order valence-corrected chi connectivity index (χ0v) is 13.9. The molecule has 0 bridgehead atoms. The predicted octanol–water partition coefficient (Wildman–Crippen LogP) is 4.82. The zero-order chi connectivity index (χ0) is 15.9. The molecule has 0 radical (unpaired) electrons. The number of hydroxylamine groups is 2. The average Bonchev–Trinajstić information content (AvgIpc) is 2.48. The Balaban J connectivity index is 3.40. The van der Waals surface area contributed by atoms with E-state index in [2.05, 4.69) is 19.1 Å². The number of amides is 1. The first-order valence-corrected chi connectivity index (χ1v) is 8.21. The molecule has 1 unspecified atom stereocenters. The van der Waals surface area contributed by atoms with E-state index in [-0.39, 0.29) is 12.3 Å². The number of allylic oxidation sites excluding steroid dienone is 2. The van der Waals surface area contributed by atoms with Gasteiger partial charge in [-0.1, -0.05) is 51.2 Å². The summed E-state index contributed by atoms with van der Waals surface area (Å²) in [5.74, 6) is -0.302. The van der Waals surface area contributed by atoms with Crippen molar-refractivity contribution in [1.29, 1.82) is 0 Å². The fourth-order valence-corrected chi connectivity index (χ4v) is 2.08. The maximum atomic E-state index is 13.6. The molecule has 0 aromatic rings. The molecule has 0 aliphatic heterocycles. The second kappa shape index (κ2) is 14.1. The Morgan fingerprint density at radius 2 is 1.76 bits per heavy atom. The van der Waals surface area contributed by atoms with Crippen LogP contribution in [0.15, 0.2) is 12.2 Å². The normalized spacial score (nSPS) is 12.8. The Labute approximate surface area is 129 Å². The van der Waals surface area contributed by atoms with Gasteiger partial charge in [-0.25, -0.2) is 9.45 Å². The first kappa shape index (κ1) is 20.1. The molecule has 0 spiro atoms. The van der Waals surface area contributed by atoms with Gasteiger partial charge in [0.1, 0.15) is 6.17 Å². The summed E-state index contributed by atoms with van der Waals surface area (Å²) in [4.78, 5) is 16.2. The van der Waals surface area contributed by atoms with Gasteiger partial charge in [0.05, 0.1) is 13.5 Å².